The van der Waals surface area contributed by atoms with Gasteiger partial charge in [-0.3, -0.25) is 24.0 Å². The Morgan fingerprint density at radius 1 is 0.976 bits per heavy atom. The lowest BCUT2D eigenvalue weighted by molar-refractivity contribution is -0.384. The molecule has 0 saturated carbocycles. The Balaban J connectivity index is 2.11. The summed E-state index contributed by atoms with van der Waals surface area (Å²) >= 11 is 0. The molecule has 0 saturated heterocycles. The van der Waals surface area contributed by atoms with E-state index in [1.54, 1.807) is 6.92 Å². The van der Waals surface area contributed by atoms with Crippen molar-refractivity contribution >= 4 is 33.2 Å². The molecule has 0 fully saturated rings. The Morgan fingerprint density at radius 3 is 2.24 bits per heavy atom. The Hall–Kier alpha value is -4.25. The molecule has 3 aromatic carbocycles. The molecule has 10 nitrogen and oxygen atoms in total. The van der Waals surface area contributed by atoms with Crippen molar-refractivity contribution in [2.24, 2.45) is 0 Å². The summed E-state index contributed by atoms with van der Waals surface area (Å²) in [5.74, 6) is -0.972. The van der Waals surface area contributed by atoms with Gasteiger partial charge in [0, 0.05) is 31.1 Å². The number of amides is 2. The summed E-state index contributed by atoms with van der Waals surface area (Å²) in [7, 11) is -4.06. The van der Waals surface area contributed by atoms with Gasteiger partial charge in [0.05, 0.1) is 16.9 Å². The number of carbonyl (C=O) groups is 2. The normalized spacial score (nSPS) is 12.7. The molecule has 2 amide bonds. The van der Waals surface area contributed by atoms with Crippen LogP contribution < -0.4 is 9.62 Å². The number of hydrogen-bond acceptors (Lipinski definition) is 6. The zero-order chi connectivity index (χ0) is 31.0. The number of anilines is 1. The van der Waals surface area contributed by atoms with Crippen molar-refractivity contribution in [2.45, 2.75) is 59.2 Å². The number of carbonyl (C=O) groups excluding carboxylic acids is 2. The molecule has 1 N–H and O–H groups in total. The van der Waals surface area contributed by atoms with Crippen LogP contribution in [-0.2, 0) is 32.6 Å². The van der Waals surface area contributed by atoms with Gasteiger partial charge in [0.1, 0.15) is 12.6 Å². The van der Waals surface area contributed by atoms with Gasteiger partial charge < -0.3 is 10.2 Å². The van der Waals surface area contributed by atoms with Crippen LogP contribution in [0.5, 0.6) is 0 Å². The number of nitrogens with one attached hydrogen (secondary N) is 1. The molecule has 0 aliphatic heterocycles. The number of benzene rings is 3. The summed E-state index contributed by atoms with van der Waals surface area (Å²) in [6.07, 6.45) is 1.83. The quantitative estimate of drug-likeness (QED) is 0.229. The largest absolute Gasteiger partial charge is 0.352 e. The number of aryl methyl sites for hydroxylation is 2. The molecular formula is C31H38N4O6S. The molecule has 0 radical (unpaired) electrons. The second kappa shape index (κ2) is 14.1. The fraction of sp³-hybridized carbons (Fsp3) is 0.355. The minimum atomic E-state index is -4.06. The minimum Gasteiger partial charge on any atom is -0.352 e. The summed E-state index contributed by atoms with van der Waals surface area (Å²) in [6, 6.07) is 19.6. The first-order chi connectivity index (χ1) is 19.8. The monoisotopic (exact) mass is 594 g/mol. The van der Waals surface area contributed by atoms with E-state index in [0.29, 0.717) is 12.0 Å². The fourth-order valence-corrected chi connectivity index (χ4v) is 5.48. The van der Waals surface area contributed by atoms with Gasteiger partial charge in [0.25, 0.3) is 5.69 Å². The zero-order valence-electron chi connectivity index (χ0n) is 24.6. The molecule has 0 spiro atoms. The highest BCUT2D eigenvalue weighted by atomic mass is 32.2. The van der Waals surface area contributed by atoms with E-state index in [0.717, 1.165) is 33.3 Å². The van der Waals surface area contributed by atoms with E-state index in [2.05, 4.69) is 5.32 Å². The third-order valence-electron chi connectivity index (χ3n) is 7.06. The molecule has 0 bridgehead atoms. The van der Waals surface area contributed by atoms with Crippen LogP contribution in [-0.4, -0.2) is 54.9 Å². The van der Waals surface area contributed by atoms with Crippen LogP contribution in [0.2, 0.25) is 0 Å². The molecule has 0 aliphatic rings. The van der Waals surface area contributed by atoms with Crippen LogP contribution in [0.1, 0.15) is 42.5 Å². The summed E-state index contributed by atoms with van der Waals surface area (Å²) in [6.45, 7) is 6.76. The summed E-state index contributed by atoms with van der Waals surface area (Å²) < 4.78 is 26.9. The third-order valence-corrected chi connectivity index (χ3v) is 8.19. The van der Waals surface area contributed by atoms with Crippen LogP contribution in [0, 0.1) is 24.0 Å². The second-order valence-corrected chi connectivity index (χ2v) is 12.4. The predicted octanol–water partition coefficient (Wildman–Crippen LogP) is 4.53. The van der Waals surface area contributed by atoms with Crippen LogP contribution in [0.4, 0.5) is 11.4 Å². The van der Waals surface area contributed by atoms with E-state index >= 15 is 0 Å². The highest BCUT2D eigenvalue weighted by Crippen LogP contribution is 2.28. The van der Waals surface area contributed by atoms with Crippen LogP contribution >= 0.6 is 0 Å². The maximum atomic E-state index is 14.2. The smallest absolute Gasteiger partial charge is 0.271 e. The van der Waals surface area contributed by atoms with E-state index in [4.69, 9.17) is 0 Å². The van der Waals surface area contributed by atoms with Gasteiger partial charge in [-0.25, -0.2) is 8.42 Å². The van der Waals surface area contributed by atoms with Gasteiger partial charge in [0.15, 0.2) is 0 Å². The maximum Gasteiger partial charge on any atom is 0.271 e. The van der Waals surface area contributed by atoms with E-state index in [1.165, 1.54) is 17.0 Å². The summed E-state index contributed by atoms with van der Waals surface area (Å²) in [5, 5.41) is 14.5. The zero-order valence-corrected chi connectivity index (χ0v) is 25.4. The third kappa shape index (κ3) is 8.62. The van der Waals surface area contributed by atoms with E-state index < -0.39 is 33.4 Å². The lowest BCUT2D eigenvalue weighted by Gasteiger charge is -2.34. The topological polar surface area (TPSA) is 130 Å². The average molecular weight is 595 g/mol. The van der Waals surface area contributed by atoms with E-state index in [9.17, 15) is 28.1 Å². The van der Waals surface area contributed by atoms with Crippen LogP contribution in [0.3, 0.4) is 0 Å². The number of non-ortho nitro benzene ring substituents is 1. The van der Waals surface area contributed by atoms with Crippen molar-refractivity contribution in [3.05, 3.63) is 105 Å². The van der Waals surface area contributed by atoms with Crippen molar-refractivity contribution in [3.8, 4) is 0 Å². The first kappa shape index (κ1) is 32.3. The van der Waals surface area contributed by atoms with Crippen molar-refractivity contribution in [3.63, 3.8) is 0 Å². The van der Waals surface area contributed by atoms with Crippen LogP contribution in [0.15, 0.2) is 72.8 Å². The first-order valence-corrected chi connectivity index (χ1v) is 15.6. The number of nitro benzene ring substituents is 1. The average Bonchev–Trinajstić information content (AvgIpc) is 2.93. The van der Waals surface area contributed by atoms with Crippen molar-refractivity contribution in [1.82, 2.24) is 10.2 Å². The Kier molecular flexibility index (Phi) is 10.8. The van der Waals surface area contributed by atoms with Gasteiger partial charge in [-0.15, -0.1) is 0 Å². The molecule has 224 valence electrons. The standard InChI is InChI=1S/C31H38N4O6S/c1-6-24(4)32-31(37)29(18-25-12-8-7-9-13-25)33(20-26-14-10-11-22(2)17-26)30(36)21-34(42(5,40)41)28-19-27(35(38)39)16-15-23(28)3/h7-17,19,24,29H,6,18,20-21H2,1-5H3,(H,32,37). The molecule has 11 heteroatoms. The van der Waals surface area contributed by atoms with Crippen molar-refractivity contribution < 1.29 is 22.9 Å². The molecule has 0 aromatic heterocycles. The maximum absolute atomic E-state index is 14.2. The molecule has 0 heterocycles. The van der Waals surface area contributed by atoms with Crippen molar-refractivity contribution in [1.29, 1.82) is 0 Å². The summed E-state index contributed by atoms with van der Waals surface area (Å²) in [4.78, 5) is 40.2. The highest BCUT2D eigenvalue weighted by molar-refractivity contribution is 7.92. The number of rotatable bonds is 13. The molecule has 2 atom stereocenters. The molecule has 3 aromatic rings. The molecule has 0 aliphatic carbocycles. The van der Waals surface area contributed by atoms with Crippen LogP contribution in [0.25, 0.3) is 0 Å². The van der Waals surface area contributed by atoms with Gasteiger partial charge >= 0.3 is 0 Å². The summed E-state index contributed by atoms with van der Waals surface area (Å²) in [5.41, 5.74) is 2.74. The number of sulfonamides is 1. The fourth-order valence-electron chi connectivity index (χ4n) is 4.58. The molecule has 3 rings (SSSR count). The minimum absolute atomic E-state index is 0.0271. The van der Waals surface area contributed by atoms with E-state index in [-0.39, 0.29) is 36.3 Å². The first-order valence-electron chi connectivity index (χ1n) is 13.7. The van der Waals surface area contributed by atoms with Crippen molar-refractivity contribution in [2.75, 3.05) is 17.1 Å². The number of nitro groups is 1. The van der Waals surface area contributed by atoms with E-state index in [1.807, 2.05) is 75.4 Å². The highest BCUT2D eigenvalue weighted by Gasteiger charge is 2.34. The van der Waals surface area contributed by atoms with Gasteiger partial charge in [-0.1, -0.05) is 73.2 Å². The molecule has 2 unspecified atom stereocenters. The Morgan fingerprint density at radius 2 is 1.64 bits per heavy atom. The lowest BCUT2D eigenvalue weighted by Crippen LogP contribution is -2.54. The van der Waals surface area contributed by atoms with Gasteiger partial charge in [0.2, 0.25) is 21.8 Å². The SMILES string of the molecule is CCC(C)NC(=O)C(Cc1ccccc1)N(Cc1cccc(C)c1)C(=O)CN(c1cc([N+](=O)[O-])ccc1C)S(C)(=O)=O. The van der Waals surface area contributed by atoms with Gasteiger partial charge in [-0.2, -0.15) is 0 Å². The Labute approximate surface area is 247 Å². The Bertz CT molecular complexity index is 1530. The van der Waals surface area contributed by atoms with Gasteiger partial charge in [-0.05, 0) is 43.9 Å². The number of nitrogens with zero attached hydrogens (tertiary/aromatic N) is 3. The molecular weight excluding hydrogens is 556 g/mol. The molecule has 42 heavy (non-hydrogen) atoms. The predicted molar refractivity (Wildman–Crippen MR) is 164 cm³/mol. The lowest BCUT2D eigenvalue weighted by atomic mass is 10.0. The second-order valence-electron chi connectivity index (χ2n) is 10.5. The number of hydrogen-bond donors (Lipinski definition) is 1.